The lowest BCUT2D eigenvalue weighted by atomic mass is 10.3. The number of halogens is 3. The standard InChI is InChI=1S/C15H17F3N4OS/c1-24-11-6-3-2-5-10(11)20-13-9-12(15(16,17)18)21-14(22-13)19-7-4-8-23/h2-3,5-6,9,23H,4,7-8H2,1H3,(H2,19,20,21,22). The van der Waals surface area contributed by atoms with Crippen molar-refractivity contribution in [2.75, 3.05) is 30.0 Å². The summed E-state index contributed by atoms with van der Waals surface area (Å²) in [7, 11) is 0. The zero-order valence-electron chi connectivity index (χ0n) is 12.9. The van der Waals surface area contributed by atoms with Crippen LogP contribution in [0.4, 0.5) is 30.6 Å². The Labute approximate surface area is 141 Å². The first-order chi connectivity index (χ1) is 11.4. The van der Waals surface area contributed by atoms with E-state index in [-0.39, 0.29) is 24.9 Å². The molecule has 2 aromatic rings. The van der Waals surface area contributed by atoms with Crippen molar-refractivity contribution >= 4 is 29.2 Å². The Bertz CT molecular complexity index is 682. The number of aliphatic hydroxyl groups is 1. The Balaban J connectivity index is 2.32. The molecule has 0 saturated heterocycles. The average Bonchev–Trinajstić information content (AvgIpc) is 2.54. The Kier molecular flexibility index (Phi) is 6.27. The maximum atomic E-state index is 13.0. The lowest BCUT2D eigenvalue weighted by molar-refractivity contribution is -0.141. The van der Waals surface area contributed by atoms with E-state index in [0.717, 1.165) is 11.0 Å². The van der Waals surface area contributed by atoms with Gasteiger partial charge in [0.15, 0.2) is 5.69 Å². The van der Waals surface area contributed by atoms with Gasteiger partial charge in [0.05, 0.1) is 5.69 Å². The molecule has 0 amide bonds. The van der Waals surface area contributed by atoms with Crippen molar-refractivity contribution in [1.29, 1.82) is 0 Å². The van der Waals surface area contributed by atoms with Crippen LogP contribution in [-0.2, 0) is 6.18 Å². The fourth-order valence-electron chi connectivity index (χ4n) is 1.90. The molecular formula is C15H17F3N4OS. The zero-order chi connectivity index (χ0) is 17.6. The van der Waals surface area contributed by atoms with Gasteiger partial charge in [0.2, 0.25) is 5.95 Å². The lowest BCUT2D eigenvalue weighted by Gasteiger charge is -2.14. The SMILES string of the molecule is CSc1ccccc1Nc1cc(C(F)(F)F)nc(NCCCO)n1. The van der Waals surface area contributed by atoms with Gasteiger partial charge in [-0.05, 0) is 24.8 Å². The van der Waals surface area contributed by atoms with Crippen molar-refractivity contribution in [3.63, 3.8) is 0 Å². The van der Waals surface area contributed by atoms with Crippen molar-refractivity contribution in [2.24, 2.45) is 0 Å². The number of benzene rings is 1. The maximum Gasteiger partial charge on any atom is 0.433 e. The van der Waals surface area contributed by atoms with Gasteiger partial charge in [0.25, 0.3) is 0 Å². The van der Waals surface area contributed by atoms with Crippen LogP contribution in [0.1, 0.15) is 12.1 Å². The number of hydrogen-bond acceptors (Lipinski definition) is 6. The second-order valence-corrected chi connectivity index (χ2v) is 5.64. The molecule has 0 saturated carbocycles. The quantitative estimate of drug-likeness (QED) is 0.517. The van der Waals surface area contributed by atoms with Gasteiger partial charge < -0.3 is 15.7 Å². The molecular weight excluding hydrogens is 341 g/mol. The van der Waals surface area contributed by atoms with Crippen LogP contribution in [-0.4, -0.2) is 34.5 Å². The molecule has 130 valence electrons. The first kappa shape index (κ1) is 18.3. The van der Waals surface area contributed by atoms with Gasteiger partial charge in [-0.2, -0.15) is 18.2 Å². The zero-order valence-corrected chi connectivity index (χ0v) is 13.7. The highest BCUT2D eigenvalue weighted by molar-refractivity contribution is 7.98. The number of alkyl halides is 3. The molecule has 24 heavy (non-hydrogen) atoms. The molecule has 1 aromatic heterocycles. The summed E-state index contributed by atoms with van der Waals surface area (Å²) in [5.41, 5.74) is -0.369. The highest BCUT2D eigenvalue weighted by atomic mass is 32.2. The van der Waals surface area contributed by atoms with Gasteiger partial charge in [0, 0.05) is 24.1 Å². The average molecular weight is 358 g/mol. The van der Waals surface area contributed by atoms with Crippen molar-refractivity contribution in [1.82, 2.24) is 9.97 Å². The van der Waals surface area contributed by atoms with Crippen molar-refractivity contribution in [3.8, 4) is 0 Å². The predicted molar refractivity (Wildman–Crippen MR) is 88.7 cm³/mol. The van der Waals surface area contributed by atoms with Crippen LogP contribution in [0.25, 0.3) is 0 Å². The molecule has 0 fully saturated rings. The molecule has 0 aliphatic heterocycles. The Morgan fingerprint density at radius 2 is 1.96 bits per heavy atom. The minimum atomic E-state index is -4.58. The second kappa shape index (κ2) is 8.20. The number of rotatable bonds is 7. The summed E-state index contributed by atoms with van der Waals surface area (Å²) in [6.45, 7) is 0.205. The largest absolute Gasteiger partial charge is 0.433 e. The number of thioether (sulfide) groups is 1. The van der Waals surface area contributed by atoms with E-state index in [1.807, 2.05) is 18.4 Å². The highest BCUT2D eigenvalue weighted by Crippen LogP contribution is 2.32. The summed E-state index contributed by atoms with van der Waals surface area (Å²) < 4.78 is 39.1. The van der Waals surface area contributed by atoms with Crippen LogP contribution in [0.5, 0.6) is 0 Å². The maximum absolute atomic E-state index is 13.0. The fourth-order valence-corrected chi connectivity index (χ4v) is 2.45. The number of hydrogen-bond donors (Lipinski definition) is 3. The first-order valence-electron chi connectivity index (χ1n) is 7.15. The molecule has 1 heterocycles. The molecule has 9 heteroatoms. The van der Waals surface area contributed by atoms with Crippen molar-refractivity contribution in [3.05, 3.63) is 36.0 Å². The third-order valence-electron chi connectivity index (χ3n) is 3.00. The van der Waals surface area contributed by atoms with Crippen LogP contribution in [0, 0.1) is 0 Å². The molecule has 3 N–H and O–H groups in total. The molecule has 0 radical (unpaired) electrons. The van der Waals surface area contributed by atoms with E-state index in [1.165, 1.54) is 11.8 Å². The van der Waals surface area contributed by atoms with Gasteiger partial charge in [-0.15, -0.1) is 11.8 Å². The minimum absolute atomic E-state index is 0.0466. The van der Waals surface area contributed by atoms with Gasteiger partial charge in [-0.3, -0.25) is 0 Å². The van der Waals surface area contributed by atoms with E-state index in [9.17, 15) is 13.2 Å². The Hall–Kier alpha value is -2.00. The molecule has 2 rings (SSSR count). The topological polar surface area (TPSA) is 70.1 Å². The van der Waals surface area contributed by atoms with Crippen LogP contribution in [0.15, 0.2) is 35.2 Å². The number of anilines is 3. The van der Waals surface area contributed by atoms with Crippen molar-refractivity contribution in [2.45, 2.75) is 17.5 Å². The number of aliphatic hydroxyl groups excluding tert-OH is 1. The van der Waals surface area contributed by atoms with Gasteiger partial charge in [0.1, 0.15) is 5.82 Å². The Morgan fingerprint density at radius 1 is 1.21 bits per heavy atom. The van der Waals surface area contributed by atoms with E-state index in [1.54, 1.807) is 12.1 Å². The van der Waals surface area contributed by atoms with Crippen LogP contribution < -0.4 is 10.6 Å². The molecule has 0 unspecified atom stereocenters. The minimum Gasteiger partial charge on any atom is -0.396 e. The molecule has 0 aliphatic rings. The normalized spacial score (nSPS) is 11.4. The lowest BCUT2D eigenvalue weighted by Crippen LogP contribution is -2.14. The van der Waals surface area contributed by atoms with E-state index < -0.39 is 11.9 Å². The highest BCUT2D eigenvalue weighted by Gasteiger charge is 2.33. The summed E-state index contributed by atoms with van der Waals surface area (Å²) in [5.74, 6) is -0.0901. The van der Waals surface area contributed by atoms with Crippen LogP contribution in [0.2, 0.25) is 0 Å². The van der Waals surface area contributed by atoms with E-state index in [4.69, 9.17) is 5.11 Å². The molecule has 0 bridgehead atoms. The summed E-state index contributed by atoms with van der Waals surface area (Å²) in [4.78, 5) is 8.44. The number of para-hydroxylation sites is 1. The first-order valence-corrected chi connectivity index (χ1v) is 8.37. The van der Waals surface area contributed by atoms with Gasteiger partial charge in [-0.1, -0.05) is 12.1 Å². The van der Waals surface area contributed by atoms with E-state index in [0.29, 0.717) is 12.1 Å². The number of nitrogens with one attached hydrogen (secondary N) is 2. The number of aromatic nitrogens is 2. The second-order valence-electron chi connectivity index (χ2n) is 4.79. The molecule has 0 spiro atoms. The number of nitrogens with zero attached hydrogens (tertiary/aromatic N) is 2. The summed E-state index contributed by atoms with van der Waals surface area (Å²) in [5, 5.41) is 14.4. The summed E-state index contributed by atoms with van der Waals surface area (Å²) in [6, 6.07) is 8.13. The van der Waals surface area contributed by atoms with Gasteiger partial charge >= 0.3 is 6.18 Å². The molecule has 5 nitrogen and oxygen atoms in total. The molecule has 1 aromatic carbocycles. The van der Waals surface area contributed by atoms with Crippen molar-refractivity contribution < 1.29 is 18.3 Å². The predicted octanol–water partition coefficient (Wildman–Crippen LogP) is 3.76. The van der Waals surface area contributed by atoms with Crippen LogP contribution in [0.3, 0.4) is 0 Å². The van der Waals surface area contributed by atoms with E-state index in [2.05, 4.69) is 20.6 Å². The Morgan fingerprint density at radius 3 is 2.62 bits per heavy atom. The third-order valence-corrected chi connectivity index (χ3v) is 3.80. The molecule has 0 atom stereocenters. The van der Waals surface area contributed by atoms with Crippen LogP contribution >= 0.6 is 11.8 Å². The summed E-state index contributed by atoms with van der Waals surface area (Å²) in [6.07, 6.45) is -2.31. The van der Waals surface area contributed by atoms with E-state index >= 15 is 0 Å². The molecule has 0 aliphatic carbocycles. The monoisotopic (exact) mass is 358 g/mol. The van der Waals surface area contributed by atoms with Gasteiger partial charge in [-0.25, -0.2) is 4.98 Å². The smallest absolute Gasteiger partial charge is 0.396 e. The third kappa shape index (κ3) is 5.00. The summed E-state index contributed by atoms with van der Waals surface area (Å²) >= 11 is 1.47. The fraction of sp³-hybridized carbons (Fsp3) is 0.333.